The van der Waals surface area contributed by atoms with Crippen molar-refractivity contribution >= 4 is 5.78 Å². The van der Waals surface area contributed by atoms with Gasteiger partial charge >= 0.3 is 0 Å². The van der Waals surface area contributed by atoms with E-state index in [-0.39, 0.29) is 18.4 Å². The lowest BCUT2D eigenvalue weighted by Gasteiger charge is -2.64. The molecule has 0 radical (unpaired) electrons. The average molecular weight is 370 g/mol. The summed E-state index contributed by atoms with van der Waals surface area (Å²) in [6, 6.07) is 4.17. The first kappa shape index (κ1) is 16.5. The van der Waals surface area contributed by atoms with Crippen LogP contribution < -0.4 is 4.74 Å². The predicted octanol–water partition coefficient (Wildman–Crippen LogP) is 1.46. The van der Waals surface area contributed by atoms with Crippen molar-refractivity contribution in [3.63, 3.8) is 0 Å². The number of nitrogens with zero attached hydrogens (tertiary/aromatic N) is 1. The Hall–Kier alpha value is -1.43. The van der Waals surface area contributed by atoms with Crippen LogP contribution in [0.2, 0.25) is 0 Å². The lowest BCUT2D eigenvalue weighted by Crippen LogP contribution is -2.80. The van der Waals surface area contributed by atoms with Crippen LogP contribution in [0, 0.1) is 5.92 Å². The van der Waals surface area contributed by atoms with Crippen LogP contribution in [0.4, 0.5) is 0 Å². The first-order valence-electron chi connectivity index (χ1n) is 10.4. The Morgan fingerprint density at radius 3 is 2.85 bits per heavy atom. The van der Waals surface area contributed by atoms with E-state index in [1.807, 2.05) is 6.07 Å². The van der Waals surface area contributed by atoms with Gasteiger partial charge in [-0.1, -0.05) is 12.1 Å². The minimum atomic E-state index is -0.903. The molecule has 5 aliphatic rings. The number of carbonyl (C=O) groups excluding carboxylic acids is 1. The van der Waals surface area contributed by atoms with Gasteiger partial charge in [-0.15, -0.1) is 0 Å². The minimum Gasteiger partial charge on any atom is -0.481 e. The molecule has 1 aromatic carbocycles. The third-order valence-corrected chi connectivity index (χ3v) is 8.55. The predicted molar refractivity (Wildman–Crippen MR) is 98.4 cm³/mol. The molecular formula is C22H28NO4+. The van der Waals surface area contributed by atoms with E-state index in [4.69, 9.17) is 4.74 Å². The maximum atomic E-state index is 12.9. The van der Waals surface area contributed by atoms with Crippen molar-refractivity contribution < 1.29 is 24.2 Å². The normalized spacial score (nSPS) is 44.0. The van der Waals surface area contributed by atoms with E-state index in [1.165, 1.54) is 18.4 Å². The van der Waals surface area contributed by atoms with E-state index >= 15 is 0 Å². The van der Waals surface area contributed by atoms with Gasteiger partial charge in [0.2, 0.25) is 0 Å². The van der Waals surface area contributed by atoms with E-state index in [1.54, 1.807) is 0 Å². The third-order valence-electron chi connectivity index (χ3n) is 8.55. The van der Waals surface area contributed by atoms with Crippen LogP contribution in [-0.4, -0.2) is 58.4 Å². The second-order valence-corrected chi connectivity index (χ2v) is 9.90. The molecule has 5 nitrogen and oxygen atoms in total. The Morgan fingerprint density at radius 2 is 2.11 bits per heavy atom. The highest BCUT2D eigenvalue weighted by Gasteiger charge is 2.76. The van der Waals surface area contributed by atoms with Crippen LogP contribution in [0.25, 0.3) is 0 Å². The van der Waals surface area contributed by atoms with Gasteiger partial charge in [0.05, 0.1) is 32.2 Å². The number of quaternary nitrogens is 1. The summed E-state index contributed by atoms with van der Waals surface area (Å²) in [5, 5.41) is 22.1. The van der Waals surface area contributed by atoms with Crippen molar-refractivity contribution in [2.45, 2.75) is 68.3 Å². The number of hydrogen-bond acceptors (Lipinski definition) is 4. The minimum absolute atomic E-state index is 0.100. The quantitative estimate of drug-likeness (QED) is 0.791. The maximum Gasteiger partial charge on any atom is 0.174 e. The van der Waals surface area contributed by atoms with E-state index in [0.717, 1.165) is 47.5 Å². The molecule has 2 N–H and O–H groups in total. The molecule has 1 saturated heterocycles. The molecule has 2 aliphatic heterocycles. The number of benzene rings is 1. The Kier molecular flexibility index (Phi) is 3.02. The molecule has 3 aliphatic carbocycles. The first-order valence-corrected chi connectivity index (χ1v) is 10.4. The van der Waals surface area contributed by atoms with Crippen molar-refractivity contribution in [3.8, 4) is 5.75 Å². The summed E-state index contributed by atoms with van der Waals surface area (Å²) in [5.74, 6) is 1.59. The van der Waals surface area contributed by atoms with Gasteiger partial charge < -0.3 is 19.4 Å². The molecule has 0 amide bonds. The Balaban J connectivity index is 1.59. The van der Waals surface area contributed by atoms with E-state index in [9.17, 15) is 15.0 Å². The highest BCUT2D eigenvalue weighted by molar-refractivity contribution is 5.89. The highest BCUT2D eigenvalue weighted by Crippen LogP contribution is 2.65. The number of ketones is 1. The van der Waals surface area contributed by atoms with Gasteiger partial charge in [-0.2, -0.15) is 0 Å². The maximum absolute atomic E-state index is 12.9. The number of aliphatic hydroxyl groups is 2. The second-order valence-electron chi connectivity index (χ2n) is 9.90. The summed E-state index contributed by atoms with van der Waals surface area (Å²) >= 11 is 0. The molecule has 144 valence electrons. The lowest BCUT2D eigenvalue weighted by atomic mass is 9.48. The second kappa shape index (κ2) is 4.94. The zero-order valence-corrected chi connectivity index (χ0v) is 15.9. The average Bonchev–Trinajstić information content (AvgIpc) is 3.37. The molecule has 2 bridgehead atoms. The van der Waals surface area contributed by atoms with Gasteiger partial charge in [0, 0.05) is 36.3 Å². The summed E-state index contributed by atoms with van der Waals surface area (Å²) < 4.78 is 7.18. The molecular weight excluding hydrogens is 342 g/mol. The molecule has 2 saturated carbocycles. The fraction of sp³-hybridized carbons (Fsp3) is 0.682. The van der Waals surface area contributed by atoms with Crippen LogP contribution in [0.15, 0.2) is 12.1 Å². The van der Waals surface area contributed by atoms with E-state index in [2.05, 4.69) is 13.1 Å². The van der Waals surface area contributed by atoms with Gasteiger partial charge in [-0.25, -0.2) is 0 Å². The van der Waals surface area contributed by atoms with Gasteiger partial charge in [0.1, 0.15) is 17.4 Å². The smallest absolute Gasteiger partial charge is 0.174 e. The van der Waals surface area contributed by atoms with Crippen LogP contribution >= 0.6 is 0 Å². The molecule has 3 fully saturated rings. The number of likely N-dealkylation sites (N-methyl/N-ethyl adjacent to an activating group) is 1. The number of hydrogen-bond donors (Lipinski definition) is 2. The summed E-state index contributed by atoms with van der Waals surface area (Å²) in [5.41, 5.74) is 1.48. The molecule has 6 rings (SSSR count). The molecule has 5 heteroatoms. The van der Waals surface area contributed by atoms with Crippen LogP contribution in [-0.2, 0) is 23.2 Å². The number of carbonyl (C=O) groups is 1. The molecule has 0 aromatic heterocycles. The Bertz CT molecular complexity index is 864. The Morgan fingerprint density at radius 1 is 1.30 bits per heavy atom. The SMILES string of the molecule is C[N@+]1(CC2CC2)CC[C@]23c4c5ccc(CO)c4O[C@H]2C(=O)CC[C@@]3(O)[C@H]1C5. The van der Waals surface area contributed by atoms with Gasteiger partial charge in [0.15, 0.2) is 11.9 Å². The summed E-state index contributed by atoms with van der Waals surface area (Å²) in [7, 11) is 2.32. The molecule has 0 unspecified atom stereocenters. The van der Waals surface area contributed by atoms with Crippen molar-refractivity contribution in [3.05, 3.63) is 28.8 Å². The van der Waals surface area contributed by atoms with Crippen molar-refractivity contribution in [2.24, 2.45) is 5.92 Å². The third kappa shape index (κ3) is 1.79. The first-order chi connectivity index (χ1) is 12.9. The summed E-state index contributed by atoms with van der Waals surface area (Å²) in [6.07, 6.45) is 4.59. The van der Waals surface area contributed by atoms with Gasteiger partial charge in [-0.3, -0.25) is 4.79 Å². The van der Waals surface area contributed by atoms with Crippen molar-refractivity contribution in [2.75, 3.05) is 20.1 Å². The number of piperidine rings is 1. The van der Waals surface area contributed by atoms with Gasteiger partial charge in [0.25, 0.3) is 0 Å². The summed E-state index contributed by atoms with van der Waals surface area (Å²) in [6.45, 7) is 2.02. The van der Waals surface area contributed by atoms with Gasteiger partial charge in [-0.05, 0) is 24.8 Å². The number of rotatable bonds is 3. The molecule has 27 heavy (non-hydrogen) atoms. The number of likely N-dealkylation sites (tertiary alicyclic amines) is 1. The standard InChI is InChI=1S/C22H28NO4/c1-23(11-13-2-3-13)9-8-21-18-14-4-5-15(12-24)19(18)27-20(21)16(25)6-7-22(21,26)17(23)10-14/h4-5,13,17,20,24,26H,2-3,6-12H2,1H3/q+1/t17-,20+,21+,22-,23-/m1/s1. The molecule has 5 atom stereocenters. The summed E-state index contributed by atoms with van der Waals surface area (Å²) in [4.78, 5) is 12.9. The molecule has 2 heterocycles. The van der Waals surface area contributed by atoms with Crippen molar-refractivity contribution in [1.82, 2.24) is 0 Å². The fourth-order valence-electron chi connectivity index (χ4n) is 7.13. The van der Waals surface area contributed by atoms with Crippen LogP contribution in [0.3, 0.4) is 0 Å². The Labute approximate surface area is 159 Å². The van der Waals surface area contributed by atoms with Crippen LogP contribution in [0.1, 0.15) is 48.8 Å². The monoisotopic (exact) mass is 370 g/mol. The topological polar surface area (TPSA) is 66.8 Å². The van der Waals surface area contributed by atoms with E-state index < -0.39 is 17.1 Å². The largest absolute Gasteiger partial charge is 0.481 e. The molecule has 1 aromatic rings. The molecule has 1 spiro atoms. The zero-order valence-electron chi connectivity index (χ0n) is 15.9. The number of aliphatic hydroxyl groups excluding tert-OH is 1. The van der Waals surface area contributed by atoms with Crippen LogP contribution in [0.5, 0.6) is 5.75 Å². The van der Waals surface area contributed by atoms with E-state index in [0.29, 0.717) is 18.6 Å². The number of ether oxygens (including phenoxy) is 1. The zero-order chi connectivity index (χ0) is 18.6. The highest BCUT2D eigenvalue weighted by atomic mass is 16.5. The number of Topliss-reactive ketones (excluding diaryl/α,β-unsaturated/α-hetero) is 1. The van der Waals surface area contributed by atoms with Crippen molar-refractivity contribution in [1.29, 1.82) is 0 Å². The lowest BCUT2D eigenvalue weighted by molar-refractivity contribution is -0.950. The fourth-order valence-corrected chi connectivity index (χ4v) is 7.13.